The zero-order valence-electron chi connectivity index (χ0n) is 56.7. The number of esters is 2. The molecule has 0 amide bonds. The van der Waals surface area contributed by atoms with E-state index in [0.29, 0.717) is 17.4 Å². The van der Waals surface area contributed by atoms with Crippen molar-refractivity contribution < 1.29 is 42.1 Å². The molecule has 9 nitrogen and oxygen atoms in total. The summed E-state index contributed by atoms with van der Waals surface area (Å²) in [6, 6.07) is 0. The molecule has 498 valence electrons. The van der Waals surface area contributed by atoms with Gasteiger partial charge in [-0.25, -0.2) is 0 Å². The second-order valence-electron chi connectivity index (χ2n) is 25.2. The third-order valence-electron chi connectivity index (χ3n) is 15.6. The van der Waals surface area contributed by atoms with E-state index in [-0.39, 0.29) is 32.0 Å². The van der Waals surface area contributed by atoms with Crippen LogP contribution in [0.3, 0.4) is 0 Å². The van der Waals surface area contributed by atoms with E-state index in [9.17, 15) is 19.0 Å². The minimum atomic E-state index is -4.65. The lowest BCUT2D eigenvalue weighted by atomic mass is 10.0. The van der Waals surface area contributed by atoms with Crippen molar-refractivity contribution in [2.45, 2.75) is 328 Å². The van der Waals surface area contributed by atoms with E-state index in [0.717, 1.165) is 103 Å². The average Bonchev–Trinajstić information content (AvgIpc) is 3.70. The first-order valence-electron chi connectivity index (χ1n) is 35.9. The molecule has 2 atom stereocenters. The Morgan fingerprint density at radius 2 is 0.628 bits per heavy atom. The summed E-state index contributed by atoms with van der Waals surface area (Å²) in [6.07, 6.45) is 92.3. The Morgan fingerprint density at radius 3 is 0.930 bits per heavy atom. The third-order valence-corrected chi connectivity index (χ3v) is 16.6. The number of allylic oxidation sites excluding steroid dienone is 16. The number of phosphoric acid groups is 1. The minimum absolute atomic E-state index is 0.0336. The molecule has 0 fully saturated rings. The van der Waals surface area contributed by atoms with Gasteiger partial charge in [-0.1, -0.05) is 317 Å². The zero-order chi connectivity index (χ0) is 62.6. The van der Waals surface area contributed by atoms with Gasteiger partial charge in [0.2, 0.25) is 0 Å². The fourth-order valence-corrected chi connectivity index (χ4v) is 10.9. The number of rotatable bonds is 66. The molecule has 0 radical (unpaired) electrons. The Bertz CT molecular complexity index is 1770. The van der Waals surface area contributed by atoms with Crippen LogP contribution >= 0.6 is 7.82 Å². The van der Waals surface area contributed by atoms with E-state index in [2.05, 4.69) is 111 Å². The molecule has 0 spiro atoms. The van der Waals surface area contributed by atoms with Crippen molar-refractivity contribution in [3.8, 4) is 0 Å². The first-order valence-corrected chi connectivity index (χ1v) is 37.4. The van der Waals surface area contributed by atoms with Gasteiger partial charge in [-0.15, -0.1) is 0 Å². The van der Waals surface area contributed by atoms with Crippen molar-refractivity contribution in [3.05, 3.63) is 97.2 Å². The van der Waals surface area contributed by atoms with E-state index in [4.69, 9.17) is 18.5 Å². The number of phosphoric ester groups is 1. The van der Waals surface area contributed by atoms with Crippen molar-refractivity contribution in [3.63, 3.8) is 0 Å². The van der Waals surface area contributed by atoms with Crippen LogP contribution in [-0.4, -0.2) is 70.0 Å². The maximum atomic E-state index is 12.9. The fraction of sp³-hybridized carbons (Fsp3) is 0.763. The second-order valence-corrected chi connectivity index (χ2v) is 26.6. The highest BCUT2D eigenvalue weighted by Gasteiger charge is 2.22. The molecule has 0 aliphatic carbocycles. The highest BCUT2D eigenvalue weighted by atomic mass is 31.2. The summed E-state index contributed by atoms with van der Waals surface area (Å²) in [5.74, 6) is -0.833. The number of quaternary nitrogens is 1. The normalized spacial score (nSPS) is 13.7. The van der Waals surface area contributed by atoms with Gasteiger partial charge in [0.05, 0.1) is 27.7 Å². The van der Waals surface area contributed by atoms with E-state index in [1.54, 1.807) is 0 Å². The first-order chi connectivity index (χ1) is 42.0. The summed E-state index contributed by atoms with van der Waals surface area (Å²) in [6.45, 7) is 4.04. The van der Waals surface area contributed by atoms with E-state index < -0.39 is 26.5 Å². The molecule has 0 aliphatic heterocycles. The lowest BCUT2D eigenvalue weighted by Crippen LogP contribution is -2.37. The van der Waals surface area contributed by atoms with Gasteiger partial charge in [0.25, 0.3) is 7.82 Å². The van der Waals surface area contributed by atoms with E-state index >= 15 is 0 Å². The molecule has 0 bridgehead atoms. The van der Waals surface area contributed by atoms with Crippen LogP contribution in [0.1, 0.15) is 322 Å². The van der Waals surface area contributed by atoms with Gasteiger partial charge in [0.15, 0.2) is 6.10 Å². The predicted molar refractivity (Wildman–Crippen MR) is 369 cm³/mol. The lowest BCUT2D eigenvalue weighted by Gasteiger charge is -2.28. The molecule has 86 heavy (non-hydrogen) atoms. The fourth-order valence-electron chi connectivity index (χ4n) is 10.2. The number of unbranched alkanes of at least 4 members (excludes halogenated alkanes) is 36. The van der Waals surface area contributed by atoms with Gasteiger partial charge in [-0.2, -0.15) is 0 Å². The van der Waals surface area contributed by atoms with Crippen LogP contribution in [0.25, 0.3) is 0 Å². The molecule has 0 aromatic rings. The second kappa shape index (κ2) is 66.4. The van der Waals surface area contributed by atoms with Gasteiger partial charge in [-0.05, 0) is 89.9 Å². The molecular formula is C76H136NO8P. The van der Waals surface area contributed by atoms with Gasteiger partial charge in [0.1, 0.15) is 19.8 Å². The van der Waals surface area contributed by atoms with Crippen LogP contribution in [0.5, 0.6) is 0 Å². The van der Waals surface area contributed by atoms with Gasteiger partial charge < -0.3 is 27.9 Å². The van der Waals surface area contributed by atoms with Crippen molar-refractivity contribution in [2.75, 3.05) is 47.5 Å². The summed E-state index contributed by atoms with van der Waals surface area (Å²) < 4.78 is 34.3. The Hall–Kier alpha value is -3.07. The highest BCUT2D eigenvalue weighted by molar-refractivity contribution is 7.45. The average molecular weight is 1220 g/mol. The lowest BCUT2D eigenvalue weighted by molar-refractivity contribution is -0.870. The minimum Gasteiger partial charge on any atom is -0.756 e. The van der Waals surface area contributed by atoms with Crippen LogP contribution in [-0.2, 0) is 32.7 Å². The molecule has 0 N–H and O–H groups in total. The summed E-state index contributed by atoms with van der Waals surface area (Å²) in [4.78, 5) is 38.0. The van der Waals surface area contributed by atoms with Crippen molar-refractivity contribution in [1.29, 1.82) is 0 Å². The molecular weight excluding hydrogens is 1090 g/mol. The van der Waals surface area contributed by atoms with Gasteiger partial charge in [-0.3, -0.25) is 14.2 Å². The number of ether oxygens (including phenoxy) is 2. The molecule has 0 aliphatic rings. The standard InChI is InChI=1S/C76H136NO8P/c1-6-8-10-12-14-16-18-20-22-24-26-28-29-30-31-32-33-34-35-36-37-38-39-40-41-42-43-44-45-46-47-49-51-53-55-57-59-61-63-65-67-69-76(79)85-74(73-84-86(80,81)83-71-70-77(3,4)5)72-82-75(78)68-66-64-62-60-58-56-54-52-50-48-27-25-23-21-19-17-15-13-11-9-7-2/h8-11,14-17,20-23,26-28,48,74H,6-7,12-13,18-19,24-25,29-47,49-73H2,1-5H3/b10-8-,11-9-,16-14-,17-15-,22-20-,23-21-,28-26-,48-27-. The van der Waals surface area contributed by atoms with Crippen LogP contribution in [0, 0.1) is 0 Å². The Balaban J connectivity index is 3.92. The van der Waals surface area contributed by atoms with E-state index in [1.807, 2.05) is 21.1 Å². The van der Waals surface area contributed by atoms with Crippen LogP contribution < -0.4 is 4.89 Å². The number of hydrogen-bond donors (Lipinski definition) is 0. The van der Waals surface area contributed by atoms with Crippen molar-refractivity contribution in [1.82, 2.24) is 0 Å². The Morgan fingerprint density at radius 1 is 0.360 bits per heavy atom. The molecule has 0 aromatic carbocycles. The maximum Gasteiger partial charge on any atom is 0.306 e. The molecule has 0 heterocycles. The Labute approximate surface area is 532 Å². The number of nitrogens with zero attached hydrogens (tertiary/aromatic N) is 1. The number of carbonyl (C=O) groups excluding carboxylic acids is 2. The third kappa shape index (κ3) is 70.0. The van der Waals surface area contributed by atoms with Crippen LogP contribution in [0.2, 0.25) is 0 Å². The largest absolute Gasteiger partial charge is 0.756 e. The predicted octanol–water partition coefficient (Wildman–Crippen LogP) is 22.9. The van der Waals surface area contributed by atoms with Crippen molar-refractivity contribution >= 4 is 19.8 Å². The first kappa shape index (κ1) is 82.9. The van der Waals surface area contributed by atoms with Crippen molar-refractivity contribution in [2.24, 2.45) is 0 Å². The summed E-state index contributed by atoms with van der Waals surface area (Å²) in [5, 5.41) is 0. The monoisotopic (exact) mass is 1220 g/mol. The van der Waals surface area contributed by atoms with Crippen LogP contribution in [0.15, 0.2) is 97.2 Å². The molecule has 2 unspecified atom stereocenters. The zero-order valence-corrected chi connectivity index (χ0v) is 57.6. The van der Waals surface area contributed by atoms with Crippen LogP contribution in [0.4, 0.5) is 0 Å². The Kier molecular flexibility index (Phi) is 64.0. The molecule has 0 saturated carbocycles. The summed E-state index contributed by atoms with van der Waals surface area (Å²) in [5.41, 5.74) is 0. The smallest absolute Gasteiger partial charge is 0.306 e. The SMILES string of the molecule is CC/C=C\C/C=C\C/C=C\C/C=C\CCCCCCCCCCCCCCCCCCCCCCCCCCCCCCC(=O)OC(COC(=O)CCCCCCCCCC/C=C\C/C=C\C/C=C\C/C=C\CC)COP(=O)([O-])OCC[N+](C)(C)C. The number of carbonyl (C=O) groups is 2. The quantitative estimate of drug-likeness (QED) is 0.0195. The van der Waals surface area contributed by atoms with E-state index in [1.165, 1.54) is 186 Å². The maximum absolute atomic E-state index is 12.9. The topological polar surface area (TPSA) is 111 Å². The summed E-state index contributed by atoms with van der Waals surface area (Å²) >= 11 is 0. The molecule has 0 saturated heterocycles. The molecule has 10 heteroatoms. The number of likely N-dealkylation sites (N-methyl/N-ethyl adjacent to an activating group) is 1. The van der Waals surface area contributed by atoms with Gasteiger partial charge in [0, 0.05) is 12.8 Å². The molecule has 0 rings (SSSR count). The molecule has 0 aromatic heterocycles. The highest BCUT2D eigenvalue weighted by Crippen LogP contribution is 2.38. The number of hydrogen-bond acceptors (Lipinski definition) is 8. The summed E-state index contributed by atoms with van der Waals surface area (Å²) in [7, 11) is 1.17. The van der Waals surface area contributed by atoms with Gasteiger partial charge >= 0.3 is 11.9 Å².